The van der Waals surface area contributed by atoms with E-state index in [2.05, 4.69) is 0 Å². The molecule has 0 fully saturated rings. The maximum absolute atomic E-state index is 12.9. The van der Waals surface area contributed by atoms with E-state index in [0.29, 0.717) is 5.56 Å². The summed E-state index contributed by atoms with van der Waals surface area (Å²) in [4.78, 5) is 11.5. The van der Waals surface area contributed by atoms with Gasteiger partial charge in [0.2, 0.25) is 0 Å². The van der Waals surface area contributed by atoms with E-state index in [1.807, 2.05) is 30.3 Å². The second kappa shape index (κ2) is 5.20. The van der Waals surface area contributed by atoms with Gasteiger partial charge in [-0.05, 0) is 23.3 Å². The zero-order chi connectivity index (χ0) is 13.9. The van der Waals surface area contributed by atoms with Crippen molar-refractivity contribution in [1.29, 1.82) is 0 Å². The number of aliphatic carboxylic acids is 1. The second-order valence-electron chi connectivity index (χ2n) is 4.45. The van der Waals surface area contributed by atoms with Gasteiger partial charge in [-0.1, -0.05) is 42.5 Å². The van der Waals surface area contributed by atoms with Crippen molar-refractivity contribution < 1.29 is 14.3 Å². The summed E-state index contributed by atoms with van der Waals surface area (Å²) in [5.41, 5.74) is 5.66. The van der Waals surface area contributed by atoms with Gasteiger partial charge in [0.25, 0.3) is 0 Å². The molecular weight excluding hydrogens is 245 g/mol. The zero-order valence-corrected chi connectivity index (χ0v) is 10.2. The van der Waals surface area contributed by atoms with E-state index in [1.165, 1.54) is 24.3 Å². The Hall–Kier alpha value is -2.20. The van der Waals surface area contributed by atoms with Gasteiger partial charge in [-0.3, -0.25) is 0 Å². The summed E-state index contributed by atoms with van der Waals surface area (Å²) >= 11 is 0. The van der Waals surface area contributed by atoms with E-state index in [0.717, 1.165) is 5.56 Å². The lowest BCUT2D eigenvalue weighted by atomic mass is 9.85. The van der Waals surface area contributed by atoms with Gasteiger partial charge in [-0.25, -0.2) is 9.18 Å². The lowest BCUT2D eigenvalue weighted by Gasteiger charge is -2.25. The average molecular weight is 259 g/mol. The molecule has 3 nitrogen and oxygen atoms in total. The van der Waals surface area contributed by atoms with Crippen molar-refractivity contribution in [3.8, 4) is 0 Å². The molecule has 2 aromatic rings. The van der Waals surface area contributed by atoms with Crippen LogP contribution in [-0.4, -0.2) is 11.1 Å². The molecule has 0 aliphatic rings. The van der Waals surface area contributed by atoms with Crippen molar-refractivity contribution in [3.63, 3.8) is 0 Å². The lowest BCUT2D eigenvalue weighted by Crippen LogP contribution is -2.46. The van der Waals surface area contributed by atoms with Crippen molar-refractivity contribution in [2.45, 2.75) is 12.0 Å². The van der Waals surface area contributed by atoms with Crippen LogP contribution in [-0.2, 0) is 16.8 Å². The number of halogens is 1. The average Bonchev–Trinajstić information content (AvgIpc) is 2.40. The third-order valence-corrected chi connectivity index (χ3v) is 3.07. The van der Waals surface area contributed by atoms with Crippen LogP contribution in [0.2, 0.25) is 0 Å². The molecule has 0 heterocycles. The molecule has 0 spiro atoms. The number of nitrogens with two attached hydrogens (primary N) is 1. The summed E-state index contributed by atoms with van der Waals surface area (Å²) in [5, 5.41) is 9.40. The predicted molar refractivity (Wildman–Crippen MR) is 70.0 cm³/mol. The Bertz CT molecular complexity index is 568. The summed E-state index contributed by atoms with van der Waals surface area (Å²) in [6.45, 7) is 0. The van der Waals surface area contributed by atoms with Gasteiger partial charge >= 0.3 is 5.97 Å². The molecule has 98 valence electrons. The van der Waals surface area contributed by atoms with Crippen molar-refractivity contribution in [3.05, 3.63) is 71.5 Å². The summed E-state index contributed by atoms with van der Waals surface area (Å²) in [5.74, 6) is -1.56. The molecule has 0 amide bonds. The predicted octanol–water partition coefficient (Wildman–Crippen LogP) is 2.31. The Labute approximate surface area is 110 Å². The molecule has 2 aromatic carbocycles. The molecule has 0 unspecified atom stereocenters. The number of carboxylic acid groups (broad SMARTS) is 1. The van der Waals surface area contributed by atoms with Crippen LogP contribution in [0.3, 0.4) is 0 Å². The fourth-order valence-corrected chi connectivity index (χ4v) is 1.97. The highest BCUT2D eigenvalue weighted by molar-refractivity contribution is 5.81. The van der Waals surface area contributed by atoms with Gasteiger partial charge in [-0.15, -0.1) is 0 Å². The minimum absolute atomic E-state index is 0.148. The maximum Gasteiger partial charge on any atom is 0.328 e. The number of hydrogen-bond acceptors (Lipinski definition) is 2. The van der Waals surface area contributed by atoms with E-state index < -0.39 is 17.3 Å². The van der Waals surface area contributed by atoms with Gasteiger partial charge in [0.15, 0.2) is 0 Å². The highest BCUT2D eigenvalue weighted by Crippen LogP contribution is 2.24. The van der Waals surface area contributed by atoms with E-state index in [4.69, 9.17) is 5.73 Å². The molecule has 3 N–H and O–H groups in total. The first-order valence-corrected chi connectivity index (χ1v) is 5.84. The molecule has 0 radical (unpaired) electrons. The Kier molecular flexibility index (Phi) is 3.62. The number of rotatable bonds is 4. The monoisotopic (exact) mass is 259 g/mol. The molecule has 0 aliphatic carbocycles. The maximum atomic E-state index is 12.9. The minimum atomic E-state index is -1.56. The highest BCUT2D eigenvalue weighted by atomic mass is 19.1. The molecule has 19 heavy (non-hydrogen) atoms. The topological polar surface area (TPSA) is 63.3 Å². The van der Waals surface area contributed by atoms with Gasteiger partial charge in [0.05, 0.1) is 0 Å². The van der Waals surface area contributed by atoms with Gasteiger partial charge in [0, 0.05) is 6.42 Å². The molecule has 0 aliphatic heterocycles. The van der Waals surface area contributed by atoms with Gasteiger partial charge < -0.3 is 10.8 Å². The van der Waals surface area contributed by atoms with E-state index in [1.54, 1.807) is 0 Å². The van der Waals surface area contributed by atoms with Crippen LogP contribution in [0.1, 0.15) is 11.1 Å². The van der Waals surface area contributed by atoms with Gasteiger partial charge in [-0.2, -0.15) is 0 Å². The standard InChI is InChI=1S/C15H14FNO2/c16-13-8-6-12(7-9-13)15(17,14(18)19)10-11-4-2-1-3-5-11/h1-9H,10,17H2,(H,18,19)/t15-/m1/s1. The first-order chi connectivity index (χ1) is 9.02. The van der Waals surface area contributed by atoms with E-state index in [-0.39, 0.29) is 6.42 Å². The van der Waals surface area contributed by atoms with Crippen LogP contribution in [0.15, 0.2) is 54.6 Å². The quantitative estimate of drug-likeness (QED) is 0.885. The number of carboxylic acids is 1. The van der Waals surface area contributed by atoms with Crippen LogP contribution in [0.5, 0.6) is 0 Å². The number of carbonyl (C=O) groups is 1. The fourth-order valence-electron chi connectivity index (χ4n) is 1.97. The molecule has 2 rings (SSSR count). The first kappa shape index (κ1) is 13.2. The first-order valence-electron chi connectivity index (χ1n) is 5.84. The Morgan fingerprint density at radius 1 is 1.11 bits per heavy atom. The summed E-state index contributed by atoms with van der Waals surface area (Å²) in [6.07, 6.45) is 0.148. The smallest absolute Gasteiger partial charge is 0.328 e. The van der Waals surface area contributed by atoms with Crippen LogP contribution < -0.4 is 5.73 Å². The van der Waals surface area contributed by atoms with Crippen LogP contribution in [0, 0.1) is 5.82 Å². The Balaban J connectivity index is 2.38. The molecule has 0 saturated carbocycles. The molecule has 0 saturated heterocycles. The lowest BCUT2D eigenvalue weighted by molar-refractivity contribution is -0.143. The largest absolute Gasteiger partial charge is 0.480 e. The summed E-state index contributed by atoms with van der Waals surface area (Å²) in [7, 11) is 0. The third kappa shape index (κ3) is 2.80. The zero-order valence-electron chi connectivity index (χ0n) is 10.2. The van der Waals surface area contributed by atoms with Crippen LogP contribution in [0.25, 0.3) is 0 Å². The van der Waals surface area contributed by atoms with Crippen molar-refractivity contribution in [2.24, 2.45) is 5.73 Å². The normalized spacial score (nSPS) is 13.8. The molecule has 1 atom stereocenters. The second-order valence-corrected chi connectivity index (χ2v) is 4.45. The molecular formula is C15H14FNO2. The fraction of sp³-hybridized carbons (Fsp3) is 0.133. The van der Waals surface area contributed by atoms with Gasteiger partial charge in [0.1, 0.15) is 11.4 Å². The number of benzene rings is 2. The number of hydrogen-bond donors (Lipinski definition) is 2. The highest BCUT2D eigenvalue weighted by Gasteiger charge is 2.36. The summed E-state index contributed by atoms with van der Waals surface area (Å²) in [6, 6.07) is 14.4. The van der Waals surface area contributed by atoms with Crippen LogP contribution >= 0.6 is 0 Å². The molecule has 0 bridgehead atoms. The van der Waals surface area contributed by atoms with Crippen molar-refractivity contribution >= 4 is 5.97 Å². The van der Waals surface area contributed by atoms with E-state index in [9.17, 15) is 14.3 Å². The third-order valence-electron chi connectivity index (χ3n) is 3.07. The SMILES string of the molecule is N[C@@](Cc1ccccc1)(C(=O)O)c1ccc(F)cc1. The van der Waals surface area contributed by atoms with Crippen molar-refractivity contribution in [2.75, 3.05) is 0 Å². The summed E-state index contributed by atoms with van der Waals surface area (Å²) < 4.78 is 12.9. The molecule has 0 aromatic heterocycles. The Morgan fingerprint density at radius 3 is 2.21 bits per heavy atom. The minimum Gasteiger partial charge on any atom is -0.480 e. The van der Waals surface area contributed by atoms with Crippen LogP contribution in [0.4, 0.5) is 4.39 Å². The van der Waals surface area contributed by atoms with E-state index >= 15 is 0 Å². The molecule has 4 heteroatoms. The van der Waals surface area contributed by atoms with Crippen molar-refractivity contribution in [1.82, 2.24) is 0 Å². The Morgan fingerprint density at radius 2 is 1.68 bits per heavy atom.